The number of carbonyl (C=O) groups excluding carboxylic acids is 4. The predicted molar refractivity (Wildman–Crippen MR) is 98.0 cm³/mol. The van der Waals surface area contributed by atoms with Crippen molar-refractivity contribution in [1.29, 1.82) is 0 Å². The molecule has 0 unspecified atom stereocenters. The summed E-state index contributed by atoms with van der Waals surface area (Å²) in [7, 11) is 0. The number of benzene rings is 1. The molecule has 1 spiro atoms. The van der Waals surface area contributed by atoms with Crippen molar-refractivity contribution in [2.24, 2.45) is 0 Å². The van der Waals surface area contributed by atoms with Crippen molar-refractivity contribution >= 4 is 23.8 Å². The van der Waals surface area contributed by atoms with E-state index in [1.54, 1.807) is 4.90 Å². The third-order valence-electron chi connectivity index (χ3n) is 5.83. The number of nitrogens with one attached hydrogen (secondary N) is 1. The number of urea groups is 1. The van der Waals surface area contributed by atoms with Crippen LogP contribution in [0.1, 0.15) is 36.8 Å². The van der Waals surface area contributed by atoms with Gasteiger partial charge in [0.25, 0.3) is 11.8 Å². The van der Waals surface area contributed by atoms with Crippen molar-refractivity contribution in [1.82, 2.24) is 15.1 Å². The Bertz CT molecular complexity index is 831. The normalized spacial score (nSPS) is 20.3. The number of imide groups is 1. The number of nitrogens with zero attached hydrogens (tertiary/aromatic N) is 2. The van der Waals surface area contributed by atoms with E-state index in [-0.39, 0.29) is 11.8 Å². The third kappa shape index (κ3) is 3.34. The van der Waals surface area contributed by atoms with E-state index < -0.39 is 30.7 Å². The van der Waals surface area contributed by atoms with Gasteiger partial charge in [-0.15, -0.1) is 0 Å². The summed E-state index contributed by atoms with van der Waals surface area (Å²) in [5, 5.41) is 2.71. The van der Waals surface area contributed by atoms with Crippen LogP contribution in [0, 0.1) is 0 Å². The maximum Gasteiger partial charge on any atom is 0.326 e. The number of amides is 4. The lowest BCUT2D eigenvalue weighted by molar-refractivity contribution is -0.154. The van der Waals surface area contributed by atoms with Gasteiger partial charge in [0.1, 0.15) is 12.1 Å². The summed E-state index contributed by atoms with van der Waals surface area (Å²) in [5.41, 5.74) is 1.46. The highest BCUT2D eigenvalue weighted by Gasteiger charge is 2.52. The molecule has 1 saturated carbocycles. The zero-order valence-electron chi connectivity index (χ0n) is 15.6. The number of carbonyl (C=O) groups is 4. The minimum absolute atomic E-state index is 0.285. The van der Waals surface area contributed by atoms with Gasteiger partial charge in [-0.2, -0.15) is 0 Å². The minimum Gasteiger partial charge on any atom is -0.454 e. The van der Waals surface area contributed by atoms with Gasteiger partial charge >= 0.3 is 12.0 Å². The van der Waals surface area contributed by atoms with Crippen LogP contribution in [0.2, 0.25) is 0 Å². The molecule has 3 aliphatic rings. The Hall–Kier alpha value is -2.90. The average Bonchev–Trinajstić information content (AvgIpc) is 3.26. The Kier molecular flexibility index (Phi) is 4.78. The van der Waals surface area contributed by atoms with Crippen LogP contribution in [0.4, 0.5) is 4.79 Å². The van der Waals surface area contributed by atoms with Gasteiger partial charge in [0.15, 0.2) is 6.61 Å². The number of hydrogen-bond acceptors (Lipinski definition) is 5. The molecule has 28 heavy (non-hydrogen) atoms. The number of fused-ring (bicyclic) bond motifs is 1. The molecule has 1 aliphatic carbocycles. The fraction of sp³-hybridized carbons (Fsp3) is 0.500. The van der Waals surface area contributed by atoms with E-state index in [0.717, 1.165) is 29.7 Å². The lowest BCUT2D eigenvalue weighted by Crippen LogP contribution is -2.44. The molecule has 4 rings (SSSR count). The van der Waals surface area contributed by atoms with Crippen molar-refractivity contribution in [2.75, 3.05) is 19.7 Å². The summed E-state index contributed by atoms with van der Waals surface area (Å²) in [6.07, 6.45) is 3.70. The Morgan fingerprint density at radius 2 is 1.82 bits per heavy atom. The molecule has 0 atom stereocenters. The molecule has 1 saturated heterocycles. The Morgan fingerprint density at radius 3 is 2.57 bits per heavy atom. The molecule has 148 valence electrons. The molecule has 4 amide bonds. The molecule has 8 nitrogen and oxygen atoms in total. The SMILES string of the molecule is O=C(CN1C(=O)NC2(CCCC2)C1=O)OCC(=O)N1CCc2ccccc2C1. The van der Waals surface area contributed by atoms with E-state index in [1.807, 2.05) is 24.3 Å². The second kappa shape index (κ2) is 7.26. The second-order valence-electron chi connectivity index (χ2n) is 7.61. The molecule has 0 bridgehead atoms. The monoisotopic (exact) mass is 385 g/mol. The first-order chi connectivity index (χ1) is 13.5. The van der Waals surface area contributed by atoms with Gasteiger partial charge in [-0.1, -0.05) is 37.1 Å². The molecule has 2 heterocycles. The molecule has 2 aliphatic heterocycles. The van der Waals surface area contributed by atoms with Crippen LogP contribution in [-0.2, 0) is 32.1 Å². The van der Waals surface area contributed by atoms with Gasteiger partial charge in [0.2, 0.25) is 0 Å². The van der Waals surface area contributed by atoms with Gasteiger partial charge in [-0.25, -0.2) is 4.79 Å². The van der Waals surface area contributed by atoms with Crippen molar-refractivity contribution in [3.8, 4) is 0 Å². The second-order valence-corrected chi connectivity index (χ2v) is 7.61. The lowest BCUT2D eigenvalue weighted by Gasteiger charge is -2.28. The number of ether oxygens (including phenoxy) is 1. The van der Waals surface area contributed by atoms with Crippen LogP contribution >= 0.6 is 0 Å². The van der Waals surface area contributed by atoms with Crippen LogP contribution in [0.5, 0.6) is 0 Å². The number of esters is 1. The molecule has 0 radical (unpaired) electrons. The first-order valence-corrected chi connectivity index (χ1v) is 9.63. The largest absolute Gasteiger partial charge is 0.454 e. The third-order valence-corrected chi connectivity index (χ3v) is 5.83. The van der Waals surface area contributed by atoms with Crippen LogP contribution in [-0.4, -0.2) is 58.8 Å². The standard InChI is InChI=1S/C20H23N3O5/c24-16(22-10-7-14-5-1-2-6-15(14)11-22)13-28-17(25)12-23-18(26)20(21-19(23)27)8-3-4-9-20/h1-2,5-6H,3-4,7-13H2,(H,21,27). The smallest absolute Gasteiger partial charge is 0.326 e. The Labute approximate surface area is 162 Å². The van der Waals surface area contributed by atoms with E-state index in [1.165, 1.54) is 5.56 Å². The van der Waals surface area contributed by atoms with Crippen molar-refractivity contribution < 1.29 is 23.9 Å². The molecule has 1 aromatic carbocycles. The summed E-state index contributed by atoms with van der Waals surface area (Å²) >= 11 is 0. The van der Waals surface area contributed by atoms with E-state index in [4.69, 9.17) is 4.74 Å². The molecular formula is C20H23N3O5. The van der Waals surface area contributed by atoms with Crippen molar-refractivity contribution in [3.63, 3.8) is 0 Å². The Balaban J connectivity index is 1.28. The van der Waals surface area contributed by atoms with E-state index in [9.17, 15) is 19.2 Å². The maximum atomic E-state index is 12.5. The van der Waals surface area contributed by atoms with E-state index in [2.05, 4.69) is 5.32 Å². The van der Waals surface area contributed by atoms with Gasteiger partial charge in [0, 0.05) is 13.1 Å². The Morgan fingerprint density at radius 1 is 1.11 bits per heavy atom. The maximum absolute atomic E-state index is 12.5. The highest BCUT2D eigenvalue weighted by molar-refractivity contribution is 6.08. The number of hydrogen-bond donors (Lipinski definition) is 1. The summed E-state index contributed by atoms with van der Waals surface area (Å²) in [4.78, 5) is 51.7. The first-order valence-electron chi connectivity index (χ1n) is 9.63. The van der Waals surface area contributed by atoms with E-state index >= 15 is 0 Å². The zero-order valence-corrected chi connectivity index (χ0v) is 15.6. The van der Waals surface area contributed by atoms with Gasteiger partial charge in [-0.3, -0.25) is 19.3 Å². The van der Waals surface area contributed by atoms with Crippen molar-refractivity contribution in [3.05, 3.63) is 35.4 Å². The van der Waals surface area contributed by atoms with Crippen molar-refractivity contribution in [2.45, 2.75) is 44.2 Å². The summed E-state index contributed by atoms with van der Waals surface area (Å²) in [6.45, 7) is 0.198. The highest BCUT2D eigenvalue weighted by atomic mass is 16.5. The first kappa shape index (κ1) is 18.5. The fourth-order valence-corrected chi connectivity index (χ4v) is 4.25. The molecule has 1 N–H and O–H groups in total. The highest BCUT2D eigenvalue weighted by Crippen LogP contribution is 2.34. The predicted octanol–water partition coefficient (Wildman–Crippen LogP) is 0.979. The lowest BCUT2D eigenvalue weighted by atomic mass is 9.98. The zero-order chi connectivity index (χ0) is 19.7. The van der Waals surface area contributed by atoms with Crippen LogP contribution in [0.3, 0.4) is 0 Å². The molecule has 1 aromatic rings. The van der Waals surface area contributed by atoms with E-state index in [0.29, 0.717) is 25.9 Å². The van der Waals surface area contributed by atoms with Gasteiger partial charge in [-0.05, 0) is 30.4 Å². The minimum atomic E-state index is -0.853. The quantitative estimate of drug-likeness (QED) is 0.616. The fourth-order valence-electron chi connectivity index (χ4n) is 4.25. The van der Waals surface area contributed by atoms with Crippen LogP contribution in [0.15, 0.2) is 24.3 Å². The molecule has 8 heteroatoms. The summed E-state index contributed by atoms with van der Waals surface area (Å²) in [5.74, 6) is -1.41. The van der Waals surface area contributed by atoms with Crippen LogP contribution in [0.25, 0.3) is 0 Å². The molecular weight excluding hydrogens is 362 g/mol. The molecule has 0 aromatic heterocycles. The topological polar surface area (TPSA) is 96.0 Å². The number of rotatable bonds is 4. The van der Waals surface area contributed by atoms with Gasteiger partial charge in [0.05, 0.1) is 0 Å². The van der Waals surface area contributed by atoms with Crippen LogP contribution < -0.4 is 5.32 Å². The average molecular weight is 385 g/mol. The van der Waals surface area contributed by atoms with Gasteiger partial charge < -0.3 is 15.0 Å². The molecule has 2 fully saturated rings. The summed E-state index contributed by atoms with van der Waals surface area (Å²) in [6, 6.07) is 7.37. The summed E-state index contributed by atoms with van der Waals surface area (Å²) < 4.78 is 5.05.